The van der Waals surface area contributed by atoms with E-state index in [4.69, 9.17) is 4.74 Å². The zero-order valence-electron chi connectivity index (χ0n) is 10.5. The molecule has 0 saturated heterocycles. The Bertz CT molecular complexity index is 536. The maximum Gasteiger partial charge on any atom is 0.124 e. The van der Waals surface area contributed by atoms with Gasteiger partial charge in [-0.05, 0) is 30.3 Å². The fourth-order valence-electron chi connectivity index (χ4n) is 2.50. The van der Waals surface area contributed by atoms with Gasteiger partial charge in [0.1, 0.15) is 5.75 Å². The molecule has 1 N–H and O–H groups in total. The summed E-state index contributed by atoms with van der Waals surface area (Å²) in [5.74, 6) is 1.01. The smallest absolute Gasteiger partial charge is 0.124 e. The third kappa shape index (κ3) is 2.00. The SMILES string of the molecule is CNC1CCOc2ccc(-c3ccccc3)cc21. The number of benzene rings is 2. The van der Waals surface area contributed by atoms with Crippen molar-refractivity contribution in [1.29, 1.82) is 0 Å². The van der Waals surface area contributed by atoms with Crippen molar-refractivity contribution in [3.8, 4) is 16.9 Å². The molecule has 0 saturated carbocycles. The summed E-state index contributed by atoms with van der Waals surface area (Å²) in [6.07, 6.45) is 1.03. The van der Waals surface area contributed by atoms with Crippen molar-refractivity contribution in [1.82, 2.24) is 5.32 Å². The van der Waals surface area contributed by atoms with E-state index in [1.807, 2.05) is 13.1 Å². The number of rotatable bonds is 2. The molecule has 1 aliphatic rings. The van der Waals surface area contributed by atoms with Crippen LogP contribution in [0.15, 0.2) is 48.5 Å². The van der Waals surface area contributed by atoms with Gasteiger partial charge < -0.3 is 10.1 Å². The molecule has 1 aliphatic heterocycles. The van der Waals surface area contributed by atoms with Crippen LogP contribution in [0.3, 0.4) is 0 Å². The minimum absolute atomic E-state index is 0.400. The van der Waals surface area contributed by atoms with Gasteiger partial charge in [-0.25, -0.2) is 0 Å². The maximum absolute atomic E-state index is 5.71. The van der Waals surface area contributed by atoms with Crippen LogP contribution in [0.5, 0.6) is 5.75 Å². The average molecular weight is 239 g/mol. The third-order valence-corrected chi connectivity index (χ3v) is 3.50. The molecule has 1 heterocycles. The van der Waals surface area contributed by atoms with Crippen LogP contribution in [0.25, 0.3) is 11.1 Å². The Labute approximate surface area is 108 Å². The molecule has 2 heteroatoms. The average Bonchev–Trinajstić information content (AvgIpc) is 2.47. The Hall–Kier alpha value is -1.80. The normalized spacial score (nSPS) is 17.9. The number of hydrogen-bond donors (Lipinski definition) is 1. The van der Waals surface area contributed by atoms with Crippen molar-refractivity contribution in [2.75, 3.05) is 13.7 Å². The summed E-state index contributed by atoms with van der Waals surface area (Å²) < 4.78 is 5.71. The minimum atomic E-state index is 0.400. The topological polar surface area (TPSA) is 21.3 Å². The highest BCUT2D eigenvalue weighted by Crippen LogP contribution is 2.35. The van der Waals surface area contributed by atoms with Gasteiger partial charge in [0.05, 0.1) is 6.61 Å². The molecule has 92 valence electrons. The van der Waals surface area contributed by atoms with Gasteiger partial charge in [-0.1, -0.05) is 36.4 Å². The van der Waals surface area contributed by atoms with E-state index in [9.17, 15) is 0 Å². The van der Waals surface area contributed by atoms with E-state index >= 15 is 0 Å². The van der Waals surface area contributed by atoms with Crippen molar-refractivity contribution < 1.29 is 4.74 Å². The molecule has 2 aromatic carbocycles. The molecule has 2 aromatic rings. The van der Waals surface area contributed by atoms with E-state index < -0.39 is 0 Å². The van der Waals surface area contributed by atoms with Crippen LogP contribution < -0.4 is 10.1 Å². The largest absolute Gasteiger partial charge is 0.493 e. The molecule has 1 unspecified atom stereocenters. The Balaban J connectivity index is 2.04. The summed E-state index contributed by atoms with van der Waals surface area (Å²) in [4.78, 5) is 0. The van der Waals surface area contributed by atoms with Gasteiger partial charge in [0, 0.05) is 18.0 Å². The van der Waals surface area contributed by atoms with Crippen molar-refractivity contribution in [2.45, 2.75) is 12.5 Å². The summed E-state index contributed by atoms with van der Waals surface area (Å²) in [6.45, 7) is 0.795. The first-order valence-corrected chi connectivity index (χ1v) is 6.38. The van der Waals surface area contributed by atoms with Crippen molar-refractivity contribution in [3.05, 3.63) is 54.1 Å². The van der Waals surface area contributed by atoms with Crippen molar-refractivity contribution >= 4 is 0 Å². The third-order valence-electron chi connectivity index (χ3n) is 3.50. The lowest BCUT2D eigenvalue weighted by atomic mass is 9.96. The molecule has 0 fully saturated rings. The molecule has 1 atom stereocenters. The predicted molar refractivity (Wildman–Crippen MR) is 73.8 cm³/mol. The molecule has 18 heavy (non-hydrogen) atoms. The van der Waals surface area contributed by atoms with Gasteiger partial charge in [0.25, 0.3) is 0 Å². The molecular formula is C16H17NO. The van der Waals surface area contributed by atoms with Gasteiger partial charge >= 0.3 is 0 Å². The zero-order valence-corrected chi connectivity index (χ0v) is 10.5. The second-order valence-corrected chi connectivity index (χ2v) is 4.60. The number of nitrogens with one attached hydrogen (secondary N) is 1. The van der Waals surface area contributed by atoms with Crippen LogP contribution in [-0.4, -0.2) is 13.7 Å². The molecule has 2 nitrogen and oxygen atoms in total. The molecule has 3 rings (SSSR count). The molecule has 0 radical (unpaired) electrons. The summed E-state index contributed by atoms with van der Waals surface area (Å²) in [5.41, 5.74) is 3.77. The van der Waals surface area contributed by atoms with Gasteiger partial charge in [0.15, 0.2) is 0 Å². The number of ether oxygens (including phenoxy) is 1. The van der Waals surface area contributed by atoms with Crippen LogP contribution in [0.1, 0.15) is 18.0 Å². The lowest BCUT2D eigenvalue weighted by Crippen LogP contribution is -2.23. The summed E-state index contributed by atoms with van der Waals surface area (Å²) in [6, 6.07) is 17.3. The maximum atomic E-state index is 5.71. The highest BCUT2D eigenvalue weighted by molar-refractivity contribution is 5.66. The zero-order chi connectivity index (χ0) is 12.4. The molecule has 0 spiro atoms. The summed E-state index contributed by atoms with van der Waals surface area (Å²) >= 11 is 0. The number of hydrogen-bond acceptors (Lipinski definition) is 2. The van der Waals surface area contributed by atoms with E-state index in [0.717, 1.165) is 18.8 Å². The standard InChI is InChI=1S/C16H17NO/c1-17-15-9-10-18-16-8-7-13(11-14(15)16)12-5-3-2-4-6-12/h2-8,11,15,17H,9-10H2,1H3. The van der Waals surface area contributed by atoms with Gasteiger partial charge in [-0.2, -0.15) is 0 Å². The minimum Gasteiger partial charge on any atom is -0.493 e. The van der Waals surface area contributed by atoms with E-state index in [0.29, 0.717) is 6.04 Å². The molecular weight excluding hydrogens is 222 g/mol. The Kier molecular flexibility index (Phi) is 3.03. The monoisotopic (exact) mass is 239 g/mol. The van der Waals surface area contributed by atoms with E-state index in [2.05, 4.69) is 47.8 Å². The number of fused-ring (bicyclic) bond motifs is 1. The van der Waals surface area contributed by atoms with Gasteiger partial charge in [0.2, 0.25) is 0 Å². The highest BCUT2D eigenvalue weighted by atomic mass is 16.5. The fraction of sp³-hybridized carbons (Fsp3) is 0.250. The fourth-order valence-corrected chi connectivity index (χ4v) is 2.50. The first-order chi connectivity index (χ1) is 8.88. The van der Waals surface area contributed by atoms with Crippen LogP contribution in [0, 0.1) is 0 Å². The second-order valence-electron chi connectivity index (χ2n) is 4.60. The highest BCUT2D eigenvalue weighted by Gasteiger charge is 2.20. The van der Waals surface area contributed by atoms with E-state index in [-0.39, 0.29) is 0 Å². The summed E-state index contributed by atoms with van der Waals surface area (Å²) in [5, 5.41) is 3.36. The lowest BCUT2D eigenvalue weighted by Gasteiger charge is -2.26. The molecule has 0 amide bonds. The Morgan fingerprint density at radius 3 is 2.67 bits per heavy atom. The first-order valence-electron chi connectivity index (χ1n) is 6.38. The van der Waals surface area contributed by atoms with Crippen LogP contribution in [0.4, 0.5) is 0 Å². The van der Waals surface area contributed by atoms with Crippen LogP contribution in [-0.2, 0) is 0 Å². The predicted octanol–water partition coefficient (Wildman–Crippen LogP) is 3.40. The van der Waals surface area contributed by atoms with Crippen molar-refractivity contribution in [2.24, 2.45) is 0 Å². The van der Waals surface area contributed by atoms with Crippen LogP contribution >= 0.6 is 0 Å². The lowest BCUT2D eigenvalue weighted by molar-refractivity contribution is 0.257. The van der Waals surface area contributed by atoms with Gasteiger partial charge in [-0.15, -0.1) is 0 Å². The molecule has 0 aromatic heterocycles. The summed E-state index contributed by atoms with van der Waals surface area (Å²) in [7, 11) is 2.01. The molecule has 0 bridgehead atoms. The quantitative estimate of drug-likeness (QED) is 0.867. The van der Waals surface area contributed by atoms with E-state index in [1.165, 1.54) is 16.7 Å². The van der Waals surface area contributed by atoms with Crippen molar-refractivity contribution in [3.63, 3.8) is 0 Å². The molecule has 0 aliphatic carbocycles. The Morgan fingerprint density at radius 1 is 1.06 bits per heavy atom. The van der Waals surface area contributed by atoms with E-state index in [1.54, 1.807) is 0 Å². The second kappa shape index (κ2) is 4.83. The van der Waals surface area contributed by atoms with Crippen LogP contribution in [0.2, 0.25) is 0 Å². The first kappa shape index (κ1) is 11.3. The Morgan fingerprint density at radius 2 is 1.89 bits per heavy atom. The van der Waals surface area contributed by atoms with Gasteiger partial charge in [-0.3, -0.25) is 0 Å².